The zero-order valence-corrected chi connectivity index (χ0v) is 17.3. The minimum atomic E-state index is -4.61. The summed E-state index contributed by atoms with van der Waals surface area (Å²) >= 11 is 5.89. The second-order valence-corrected chi connectivity index (χ2v) is 7.22. The third kappa shape index (κ3) is 5.33. The van der Waals surface area contributed by atoms with Gasteiger partial charge in [0.2, 0.25) is 5.95 Å². The van der Waals surface area contributed by atoms with E-state index in [1.165, 1.54) is 0 Å². The van der Waals surface area contributed by atoms with E-state index < -0.39 is 11.7 Å². The quantitative estimate of drug-likeness (QED) is 0.481. The second-order valence-electron chi connectivity index (χ2n) is 6.78. The molecule has 158 valence electrons. The molecular formula is C21H20ClF3N4O. The highest BCUT2D eigenvalue weighted by atomic mass is 35.5. The number of halogens is 4. The number of nitrogens with one attached hydrogen (secondary N) is 1. The predicted octanol–water partition coefficient (Wildman–Crippen LogP) is 6.45. The molecular weight excluding hydrogens is 417 g/mol. The highest BCUT2D eigenvalue weighted by Crippen LogP contribution is 2.36. The molecule has 1 aromatic heterocycles. The van der Waals surface area contributed by atoms with Gasteiger partial charge in [0.15, 0.2) is 0 Å². The zero-order valence-electron chi connectivity index (χ0n) is 16.5. The van der Waals surface area contributed by atoms with Gasteiger partial charge in [0, 0.05) is 29.6 Å². The number of hydrogen-bond donors (Lipinski definition) is 1. The molecule has 0 spiro atoms. The number of rotatable bonds is 6. The first-order chi connectivity index (χ1) is 14.1. The third-order valence-corrected chi connectivity index (χ3v) is 4.34. The molecule has 0 fully saturated rings. The molecule has 9 heteroatoms. The number of anilines is 4. The van der Waals surface area contributed by atoms with Gasteiger partial charge in [0.1, 0.15) is 17.1 Å². The summed E-state index contributed by atoms with van der Waals surface area (Å²) in [5.74, 6) is 0.385. The van der Waals surface area contributed by atoms with E-state index in [1.807, 2.05) is 13.8 Å². The van der Waals surface area contributed by atoms with Crippen molar-refractivity contribution in [3.8, 4) is 5.75 Å². The Hall–Kier alpha value is -3.00. The fourth-order valence-corrected chi connectivity index (χ4v) is 2.77. The summed E-state index contributed by atoms with van der Waals surface area (Å²) in [6, 6.07) is 13.4. The Kier molecular flexibility index (Phi) is 6.36. The van der Waals surface area contributed by atoms with Gasteiger partial charge in [0.05, 0.1) is 6.10 Å². The van der Waals surface area contributed by atoms with Crippen LogP contribution in [0.1, 0.15) is 19.4 Å². The van der Waals surface area contributed by atoms with Gasteiger partial charge in [-0.05, 0) is 62.4 Å². The Balaban J connectivity index is 1.92. The van der Waals surface area contributed by atoms with Crippen LogP contribution in [-0.4, -0.2) is 23.1 Å². The average molecular weight is 437 g/mol. The van der Waals surface area contributed by atoms with Crippen LogP contribution in [0, 0.1) is 0 Å². The topological polar surface area (TPSA) is 50.3 Å². The van der Waals surface area contributed by atoms with E-state index in [0.29, 0.717) is 22.1 Å². The molecule has 0 saturated carbocycles. The van der Waals surface area contributed by atoms with Gasteiger partial charge in [-0.2, -0.15) is 18.2 Å². The van der Waals surface area contributed by atoms with Crippen LogP contribution in [0.15, 0.2) is 54.7 Å². The highest BCUT2D eigenvalue weighted by molar-refractivity contribution is 6.30. The fraction of sp³-hybridized carbons (Fsp3) is 0.238. The van der Waals surface area contributed by atoms with Crippen molar-refractivity contribution in [1.29, 1.82) is 0 Å². The first-order valence-electron chi connectivity index (χ1n) is 9.11. The lowest BCUT2D eigenvalue weighted by Crippen LogP contribution is -2.17. The molecule has 5 nitrogen and oxygen atoms in total. The van der Waals surface area contributed by atoms with E-state index in [9.17, 15) is 13.2 Å². The summed E-state index contributed by atoms with van der Waals surface area (Å²) in [7, 11) is 1.66. The van der Waals surface area contributed by atoms with Gasteiger partial charge in [-0.1, -0.05) is 11.6 Å². The molecule has 0 amide bonds. The van der Waals surface area contributed by atoms with E-state index in [2.05, 4.69) is 15.3 Å². The molecule has 0 atom stereocenters. The van der Waals surface area contributed by atoms with Crippen molar-refractivity contribution in [1.82, 2.24) is 9.97 Å². The van der Waals surface area contributed by atoms with Crippen molar-refractivity contribution in [2.24, 2.45) is 0 Å². The van der Waals surface area contributed by atoms with E-state index in [0.717, 1.165) is 6.20 Å². The number of hydrogen-bond acceptors (Lipinski definition) is 5. The van der Waals surface area contributed by atoms with Gasteiger partial charge in [-0.3, -0.25) is 0 Å². The molecule has 1 N–H and O–H groups in total. The largest absolute Gasteiger partial charge is 0.491 e. The Morgan fingerprint density at radius 1 is 1.03 bits per heavy atom. The van der Waals surface area contributed by atoms with Crippen molar-refractivity contribution in [3.63, 3.8) is 0 Å². The van der Waals surface area contributed by atoms with Crippen LogP contribution in [0.4, 0.5) is 36.3 Å². The molecule has 2 aromatic carbocycles. The van der Waals surface area contributed by atoms with Crippen molar-refractivity contribution in [3.05, 3.63) is 65.3 Å². The molecule has 1 heterocycles. The molecule has 0 saturated heterocycles. The monoisotopic (exact) mass is 436 g/mol. The number of aromatic nitrogens is 2. The normalized spacial score (nSPS) is 11.5. The van der Waals surface area contributed by atoms with Gasteiger partial charge < -0.3 is 15.0 Å². The van der Waals surface area contributed by atoms with Crippen LogP contribution in [-0.2, 0) is 6.18 Å². The van der Waals surface area contributed by atoms with Crippen molar-refractivity contribution in [2.45, 2.75) is 26.1 Å². The summed E-state index contributed by atoms with van der Waals surface area (Å²) < 4.78 is 46.0. The maximum absolute atomic E-state index is 13.5. The van der Waals surface area contributed by atoms with E-state index >= 15 is 0 Å². The molecule has 0 aliphatic carbocycles. The minimum absolute atomic E-state index is 0.00605. The van der Waals surface area contributed by atoms with E-state index in [1.54, 1.807) is 60.5 Å². The van der Waals surface area contributed by atoms with Crippen LogP contribution >= 0.6 is 11.6 Å². The van der Waals surface area contributed by atoms with Gasteiger partial charge in [-0.15, -0.1) is 0 Å². The molecule has 30 heavy (non-hydrogen) atoms. The Bertz CT molecular complexity index is 993. The molecule has 3 rings (SSSR count). The maximum Gasteiger partial charge on any atom is 0.421 e. The summed E-state index contributed by atoms with van der Waals surface area (Å²) in [4.78, 5) is 9.59. The molecule has 0 bridgehead atoms. The second kappa shape index (κ2) is 8.79. The molecule has 0 aliphatic heterocycles. The Morgan fingerprint density at radius 3 is 2.23 bits per heavy atom. The lowest BCUT2D eigenvalue weighted by atomic mass is 10.2. The van der Waals surface area contributed by atoms with E-state index in [-0.39, 0.29) is 17.9 Å². The first-order valence-corrected chi connectivity index (χ1v) is 9.48. The van der Waals surface area contributed by atoms with Crippen LogP contribution in [0.2, 0.25) is 5.02 Å². The predicted molar refractivity (Wildman–Crippen MR) is 112 cm³/mol. The number of nitrogens with zero attached hydrogens (tertiary/aromatic N) is 3. The Morgan fingerprint density at radius 2 is 1.67 bits per heavy atom. The third-order valence-electron chi connectivity index (χ3n) is 4.08. The maximum atomic E-state index is 13.5. The number of benzene rings is 2. The molecule has 0 radical (unpaired) electrons. The van der Waals surface area contributed by atoms with Crippen LogP contribution in [0.25, 0.3) is 0 Å². The summed E-state index contributed by atoms with van der Waals surface area (Å²) in [5, 5.41) is 3.29. The zero-order chi connectivity index (χ0) is 21.9. The van der Waals surface area contributed by atoms with Gasteiger partial charge in [-0.25, -0.2) is 4.98 Å². The summed E-state index contributed by atoms with van der Waals surface area (Å²) in [5.41, 5.74) is 0.161. The fourth-order valence-electron chi connectivity index (χ4n) is 2.64. The van der Waals surface area contributed by atoms with Crippen molar-refractivity contribution >= 4 is 34.7 Å². The standard InChI is InChI=1S/C21H20ClF3N4O/c1-13(2)30-17-10-6-15(7-11-17)27-19-18(21(23,24)25)12-26-20(28-19)29(3)16-8-4-14(22)5-9-16/h4-13H,1-3H3,(H,26,27,28). The summed E-state index contributed by atoms with van der Waals surface area (Å²) in [6.45, 7) is 3.78. The van der Waals surface area contributed by atoms with Gasteiger partial charge in [0.25, 0.3) is 0 Å². The van der Waals surface area contributed by atoms with Crippen LogP contribution in [0.5, 0.6) is 5.75 Å². The minimum Gasteiger partial charge on any atom is -0.491 e. The SMILES string of the molecule is CC(C)Oc1ccc(Nc2nc(N(C)c3ccc(Cl)cc3)ncc2C(F)(F)F)cc1. The Labute approximate surface area is 177 Å². The smallest absolute Gasteiger partial charge is 0.421 e. The van der Waals surface area contributed by atoms with Crippen LogP contribution in [0.3, 0.4) is 0 Å². The molecule has 0 aliphatic rings. The van der Waals surface area contributed by atoms with Crippen LogP contribution < -0.4 is 15.0 Å². The molecule has 3 aromatic rings. The van der Waals surface area contributed by atoms with Gasteiger partial charge >= 0.3 is 6.18 Å². The van der Waals surface area contributed by atoms with E-state index in [4.69, 9.17) is 16.3 Å². The average Bonchev–Trinajstić information content (AvgIpc) is 2.68. The summed E-state index contributed by atoms with van der Waals surface area (Å²) in [6.07, 6.45) is -3.85. The highest BCUT2D eigenvalue weighted by Gasteiger charge is 2.35. The number of ether oxygens (including phenoxy) is 1. The number of alkyl halides is 3. The first kappa shape index (κ1) is 21.7. The van der Waals surface area contributed by atoms with Crippen molar-refractivity contribution < 1.29 is 17.9 Å². The molecule has 0 unspecified atom stereocenters. The lowest BCUT2D eigenvalue weighted by Gasteiger charge is -2.20. The lowest BCUT2D eigenvalue weighted by molar-refractivity contribution is -0.137. The van der Waals surface area contributed by atoms with Crippen molar-refractivity contribution in [2.75, 3.05) is 17.3 Å².